The van der Waals surface area contributed by atoms with E-state index in [-0.39, 0.29) is 65.5 Å². The Kier molecular flexibility index (Phi) is 24.9. The molecule has 0 aliphatic rings. The van der Waals surface area contributed by atoms with Gasteiger partial charge in [0.05, 0.1) is 6.10 Å². The van der Waals surface area contributed by atoms with Crippen molar-refractivity contribution < 1.29 is 86.5 Å². The molecule has 0 saturated heterocycles. The third kappa shape index (κ3) is 50.9. The van der Waals surface area contributed by atoms with Gasteiger partial charge in [0.15, 0.2) is 0 Å². The van der Waals surface area contributed by atoms with Gasteiger partial charge in [-0.1, -0.05) is 6.08 Å². The van der Waals surface area contributed by atoms with E-state index in [0.717, 1.165) is 0 Å². The molecule has 0 fully saturated rings. The van der Waals surface area contributed by atoms with Crippen molar-refractivity contribution >= 4 is 16.7 Å². The van der Waals surface area contributed by atoms with Gasteiger partial charge in [-0.3, -0.25) is 8.42 Å². The number of aliphatic hydroxyl groups is 1. The van der Waals surface area contributed by atoms with Gasteiger partial charge < -0.3 is 19.0 Å². The van der Waals surface area contributed by atoms with Crippen LogP contribution >= 0.6 is 0 Å². The van der Waals surface area contributed by atoms with Gasteiger partial charge in [0.25, 0.3) is 0 Å². The smallest absolute Gasteiger partial charge is 0.759 e. The van der Waals surface area contributed by atoms with E-state index in [1.165, 1.54) is 6.08 Å². The van der Waals surface area contributed by atoms with E-state index in [0.29, 0.717) is 6.29 Å². The summed E-state index contributed by atoms with van der Waals surface area (Å²) in [6.45, 7) is 3.27. The van der Waals surface area contributed by atoms with Gasteiger partial charge >= 0.3 is 59.1 Å². The molecule has 9 heteroatoms. The minimum Gasteiger partial charge on any atom is -0.759 e. The number of aldehydes is 1. The second-order valence-electron chi connectivity index (χ2n) is 1.61. The van der Waals surface area contributed by atoms with E-state index in [1.54, 1.807) is 0 Å². The van der Waals surface area contributed by atoms with E-state index in [4.69, 9.17) is 22.6 Å². The standard InChI is InChI=1S/C5H8O2.2Na.H2O4S/c1-2-5(7)3-4-6;;;1-5(2,3)4/h2,4-5,7H,1,3H2;;;(H2,1,2,3,4)/q;2*+1;/p-2. The van der Waals surface area contributed by atoms with Gasteiger partial charge in [-0.05, 0) is 0 Å². The Morgan fingerprint density at radius 2 is 1.64 bits per heavy atom. The first-order valence-corrected chi connectivity index (χ1v) is 4.05. The Bertz CT molecular complexity index is 218. The summed E-state index contributed by atoms with van der Waals surface area (Å²) in [6.07, 6.45) is 1.49. The van der Waals surface area contributed by atoms with Crippen LogP contribution in [0.1, 0.15) is 6.42 Å². The molecular weight excluding hydrogens is 234 g/mol. The Labute approximate surface area is 127 Å². The van der Waals surface area contributed by atoms with Gasteiger partial charge in [-0.25, -0.2) is 0 Å². The Morgan fingerprint density at radius 1 is 1.36 bits per heavy atom. The molecule has 1 N–H and O–H groups in total. The Hall–Kier alpha value is 1.24. The van der Waals surface area contributed by atoms with E-state index >= 15 is 0 Å². The van der Waals surface area contributed by atoms with Gasteiger partial charge in [0.2, 0.25) is 0 Å². The van der Waals surface area contributed by atoms with Crippen LogP contribution in [0.3, 0.4) is 0 Å². The Morgan fingerprint density at radius 3 is 1.71 bits per heavy atom. The normalized spacial score (nSPS) is 10.5. The predicted octanol–water partition coefficient (Wildman–Crippen LogP) is -7.21. The molecule has 0 rings (SSSR count). The van der Waals surface area contributed by atoms with Crippen molar-refractivity contribution in [2.75, 3.05) is 0 Å². The Balaban J connectivity index is -0.0000000651. The van der Waals surface area contributed by atoms with Crippen molar-refractivity contribution in [1.82, 2.24) is 0 Å². The minimum atomic E-state index is -5.17. The van der Waals surface area contributed by atoms with Crippen molar-refractivity contribution in [2.24, 2.45) is 0 Å². The number of aliphatic hydroxyl groups excluding tert-OH is 1. The average molecular weight is 242 g/mol. The first kappa shape index (κ1) is 24.5. The van der Waals surface area contributed by atoms with Gasteiger partial charge in [0, 0.05) is 16.8 Å². The fraction of sp³-hybridized carbons (Fsp3) is 0.400. The van der Waals surface area contributed by atoms with Crippen LogP contribution in [0.4, 0.5) is 0 Å². The van der Waals surface area contributed by atoms with Crippen molar-refractivity contribution in [3.05, 3.63) is 12.7 Å². The summed E-state index contributed by atoms with van der Waals surface area (Å²) >= 11 is 0. The van der Waals surface area contributed by atoms with E-state index in [2.05, 4.69) is 6.58 Å². The zero-order chi connectivity index (χ0) is 10.2. The number of carbonyl (C=O) groups is 1. The molecule has 0 aliphatic carbocycles. The van der Waals surface area contributed by atoms with Crippen molar-refractivity contribution in [2.45, 2.75) is 12.5 Å². The molecule has 6 nitrogen and oxygen atoms in total. The molecule has 0 saturated carbocycles. The number of rotatable bonds is 3. The van der Waals surface area contributed by atoms with Crippen LogP contribution in [0.2, 0.25) is 0 Å². The molecule has 14 heavy (non-hydrogen) atoms. The van der Waals surface area contributed by atoms with Crippen LogP contribution < -0.4 is 59.1 Å². The molecule has 0 radical (unpaired) electrons. The molecule has 0 spiro atoms. The summed E-state index contributed by atoms with van der Waals surface area (Å²) in [7, 11) is -5.17. The molecule has 1 atom stereocenters. The third-order valence-corrected chi connectivity index (χ3v) is 0.610. The quantitative estimate of drug-likeness (QED) is 0.173. The molecule has 0 heterocycles. The van der Waals surface area contributed by atoms with E-state index in [9.17, 15) is 4.79 Å². The monoisotopic (exact) mass is 242 g/mol. The summed E-state index contributed by atoms with van der Waals surface area (Å²) in [5.74, 6) is 0. The fourth-order valence-electron chi connectivity index (χ4n) is 0.195. The fourth-order valence-corrected chi connectivity index (χ4v) is 0.195. The summed E-state index contributed by atoms with van der Waals surface area (Å²) in [4.78, 5) is 9.57. The van der Waals surface area contributed by atoms with Crippen molar-refractivity contribution in [3.8, 4) is 0 Å². The number of carbonyl (C=O) groups excluding carboxylic acids is 1. The minimum absolute atomic E-state index is 0. The van der Waals surface area contributed by atoms with Crippen molar-refractivity contribution in [3.63, 3.8) is 0 Å². The molecule has 0 amide bonds. The SMILES string of the molecule is C=CC(O)CC=O.O=S(=O)([O-])[O-].[Na+].[Na+]. The van der Waals surface area contributed by atoms with E-state index in [1.807, 2.05) is 0 Å². The molecule has 0 aromatic heterocycles. The van der Waals surface area contributed by atoms with Crippen LogP contribution in [0.25, 0.3) is 0 Å². The van der Waals surface area contributed by atoms with Gasteiger partial charge in [0.1, 0.15) is 6.29 Å². The summed E-state index contributed by atoms with van der Waals surface area (Å²) in [5.41, 5.74) is 0. The van der Waals surface area contributed by atoms with Gasteiger partial charge in [-0.15, -0.1) is 6.58 Å². The predicted molar refractivity (Wildman–Crippen MR) is 37.4 cm³/mol. The number of hydrogen-bond acceptors (Lipinski definition) is 6. The third-order valence-electron chi connectivity index (χ3n) is 0.610. The maximum absolute atomic E-state index is 9.57. The molecule has 1 unspecified atom stereocenters. The molecule has 0 aromatic rings. The zero-order valence-electron chi connectivity index (χ0n) is 8.04. The van der Waals surface area contributed by atoms with Crippen LogP contribution in [-0.2, 0) is 15.2 Å². The largest absolute Gasteiger partial charge is 1.00 e. The molecule has 72 valence electrons. The van der Waals surface area contributed by atoms with Crippen LogP contribution in [0.5, 0.6) is 0 Å². The maximum Gasteiger partial charge on any atom is 1.00 e. The van der Waals surface area contributed by atoms with E-state index < -0.39 is 16.5 Å². The second-order valence-corrected chi connectivity index (χ2v) is 2.43. The second kappa shape index (κ2) is 14.2. The van der Waals surface area contributed by atoms with Crippen LogP contribution in [0, 0.1) is 0 Å². The van der Waals surface area contributed by atoms with Crippen molar-refractivity contribution in [1.29, 1.82) is 0 Å². The number of hydrogen-bond donors (Lipinski definition) is 1. The van der Waals surface area contributed by atoms with Gasteiger partial charge in [-0.2, -0.15) is 0 Å². The molecule has 0 aromatic carbocycles. The van der Waals surface area contributed by atoms with Crippen LogP contribution in [-0.4, -0.2) is 35.0 Å². The topological polar surface area (TPSA) is 118 Å². The zero-order valence-corrected chi connectivity index (χ0v) is 12.9. The first-order valence-electron chi connectivity index (χ1n) is 2.72. The average Bonchev–Trinajstić information content (AvgIpc) is 1.85. The summed E-state index contributed by atoms with van der Waals surface area (Å²) in [5, 5.41) is 8.51. The molecular formula is C5H8Na2O6S. The summed E-state index contributed by atoms with van der Waals surface area (Å²) < 4.78 is 34.1. The molecule has 0 aliphatic heterocycles. The van der Waals surface area contributed by atoms with Crippen LogP contribution in [0.15, 0.2) is 12.7 Å². The molecule has 0 bridgehead atoms. The first-order chi connectivity index (χ1) is 5.31. The summed E-state index contributed by atoms with van der Waals surface area (Å²) in [6, 6.07) is 0. The maximum atomic E-state index is 9.57.